The number of carboxylic acid groups (broad SMARTS) is 1. The van der Waals surface area contributed by atoms with Crippen molar-refractivity contribution in [2.45, 2.75) is 49.5 Å². The largest absolute Gasteiger partial charge is 0.497 e. The predicted octanol–water partition coefficient (Wildman–Crippen LogP) is 3.42. The molecular weight excluding hydrogens is 326 g/mol. The number of amides is 1. The lowest BCUT2D eigenvalue weighted by Crippen LogP contribution is -2.44. The van der Waals surface area contributed by atoms with Crippen LogP contribution in [0.25, 0.3) is 0 Å². The van der Waals surface area contributed by atoms with Crippen LogP contribution in [0.2, 0.25) is 0 Å². The Kier molecular flexibility index (Phi) is 7.43. The third-order valence-electron chi connectivity index (χ3n) is 4.28. The van der Waals surface area contributed by atoms with Crippen LogP contribution >= 0.6 is 11.8 Å². The van der Waals surface area contributed by atoms with E-state index in [-0.39, 0.29) is 18.4 Å². The number of aliphatic carboxylic acids is 1. The first-order valence-electron chi connectivity index (χ1n) is 8.38. The van der Waals surface area contributed by atoms with Gasteiger partial charge in [0.25, 0.3) is 0 Å². The van der Waals surface area contributed by atoms with Crippen molar-refractivity contribution in [1.29, 1.82) is 0 Å². The van der Waals surface area contributed by atoms with E-state index in [1.807, 2.05) is 29.2 Å². The number of rotatable bonds is 8. The van der Waals surface area contributed by atoms with Crippen molar-refractivity contribution in [3.63, 3.8) is 0 Å². The lowest BCUT2D eigenvalue weighted by molar-refractivity contribution is -0.140. The fourth-order valence-electron chi connectivity index (χ4n) is 2.99. The quantitative estimate of drug-likeness (QED) is 0.727. The summed E-state index contributed by atoms with van der Waals surface area (Å²) in [6.45, 7) is 0.760. The summed E-state index contributed by atoms with van der Waals surface area (Å²) in [4.78, 5) is 26.3. The molecule has 1 unspecified atom stereocenters. The molecule has 1 aliphatic rings. The molecule has 1 aromatic rings. The molecular formula is C18H25NO4S. The maximum atomic E-state index is 12.5. The summed E-state index contributed by atoms with van der Waals surface area (Å²) in [6, 6.07) is 7.90. The molecule has 0 aromatic heterocycles. The molecule has 2 rings (SSSR count). The number of ether oxygens (including phenoxy) is 1. The topological polar surface area (TPSA) is 66.8 Å². The molecule has 1 fully saturated rings. The molecule has 6 heteroatoms. The third kappa shape index (κ3) is 5.74. The molecule has 1 heterocycles. The average Bonchev–Trinajstić information content (AvgIpc) is 2.60. The smallest absolute Gasteiger partial charge is 0.303 e. The summed E-state index contributed by atoms with van der Waals surface area (Å²) in [6.07, 6.45) is 4.20. The fourth-order valence-corrected chi connectivity index (χ4v) is 3.83. The fraction of sp³-hybridized carbons (Fsp3) is 0.556. The second-order valence-electron chi connectivity index (χ2n) is 5.94. The van der Waals surface area contributed by atoms with Crippen LogP contribution in [0.5, 0.6) is 5.75 Å². The Balaban J connectivity index is 1.79. The van der Waals surface area contributed by atoms with Crippen LogP contribution in [0, 0.1) is 0 Å². The van der Waals surface area contributed by atoms with E-state index >= 15 is 0 Å². The minimum atomic E-state index is -0.789. The molecule has 5 nitrogen and oxygen atoms in total. The van der Waals surface area contributed by atoms with Crippen molar-refractivity contribution in [1.82, 2.24) is 4.90 Å². The summed E-state index contributed by atoms with van der Waals surface area (Å²) in [7, 11) is 1.64. The number of hydrogen-bond acceptors (Lipinski definition) is 4. The summed E-state index contributed by atoms with van der Waals surface area (Å²) >= 11 is 1.65. The Morgan fingerprint density at radius 2 is 2.00 bits per heavy atom. The first-order valence-corrected chi connectivity index (χ1v) is 9.37. The molecule has 0 bridgehead atoms. The van der Waals surface area contributed by atoms with E-state index in [4.69, 9.17) is 9.84 Å². The van der Waals surface area contributed by atoms with Crippen LogP contribution in [0.3, 0.4) is 0 Å². The van der Waals surface area contributed by atoms with E-state index in [1.165, 1.54) is 0 Å². The maximum absolute atomic E-state index is 12.5. The van der Waals surface area contributed by atoms with Crippen LogP contribution in [-0.4, -0.2) is 47.3 Å². The molecule has 0 aliphatic carbocycles. The molecule has 1 atom stereocenters. The predicted molar refractivity (Wildman–Crippen MR) is 94.6 cm³/mol. The normalized spacial score (nSPS) is 17.5. The highest BCUT2D eigenvalue weighted by molar-refractivity contribution is 7.99. The van der Waals surface area contributed by atoms with Gasteiger partial charge in [0.15, 0.2) is 0 Å². The minimum Gasteiger partial charge on any atom is -0.497 e. The molecule has 1 amide bonds. The van der Waals surface area contributed by atoms with Crippen LogP contribution in [0.1, 0.15) is 38.5 Å². The Morgan fingerprint density at radius 1 is 1.25 bits per heavy atom. The zero-order valence-corrected chi connectivity index (χ0v) is 14.9. The van der Waals surface area contributed by atoms with Gasteiger partial charge in [-0.15, -0.1) is 11.8 Å². The van der Waals surface area contributed by atoms with E-state index in [2.05, 4.69) is 0 Å². The van der Waals surface area contributed by atoms with Crippen LogP contribution < -0.4 is 4.74 Å². The summed E-state index contributed by atoms with van der Waals surface area (Å²) in [5, 5.41) is 8.86. The SMILES string of the molecule is COc1ccc(SCCC(=O)N2CCCCC2CCC(=O)O)cc1. The van der Waals surface area contributed by atoms with Gasteiger partial charge in [-0.05, 0) is 49.9 Å². The van der Waals surface area contributed by atoms with Gasteiger partial charge < -0.3 is 14.7 Å². The molecule has 1 N–H and O–H groups in total. The van der Waals surface area contributed by atoms with E-state index in [1.54, 1.807) is 18.9 Å². The van der Waals surface area contributed by atoms with Crippen molar-refractivity contribution in [3.8, 4) is 5.75 Å². The Bertz CT molecular complexity index is 546. The zero-order valence-electron chi connectivity index (χ0n) is 14.1. The Hall–Kier alpha value is -1.69. The highest BCUT2D eigenvalue weighted by atomic mass is 32.2. The second-order valence-corrected chi connectivity index (χ2v) is 7.11. The first kappa shape index (κ1) is 18.6. The lowest BCUT2D eigenvalue weighted by atomic mass is 9.97. The van der Waals surface area contributed by atoms with Crippen molar-refractivity contribution in [2.75, 3.05) is 19.4 Å². The summed E-state index contributed by atoms with van der Waals surface area (Å²) < 4.78 is 5.13. The van der Waals surface area contributed by atoms with Gasteiger partial charge >= 0.3 is 5.97 Å². The monoisotopic (exact) mass is 351 g/mol. The summed E-state index contributed by atoms with van der Waals surface area (Å²) in [5.74, 6) is 0.909. The molecule has 1 aromatic carbocycles. The summed E-state index contributed by atoms with van der Waals surface area (Å²) in [5.41, 5.74) is 0. The average molecular weight is 351 g/mol. The number of carbonyl (C=O) groups excluding carboxylic acids is 1. The van der Waals surface area contributed by atoms with Gasteiger partial charge in [-0.2, -0.15) is 0 Å². The number of nitrogens with zero attached hydrogens (tertiary/aromatic N) is 1. The van der Waals surface area contributed by atoms with Crippen LogP contribution in [0.15, 0.2) is 29.2 Å². The number of thioether (sulfide) groups is 1. The highest BCUT2D eigenvalue weighted by Gasteiger charge is 2.26. The Morgan fingerprint density at radius 3 is 2.67 bits per heavy atom. The van der Waals surface area contributed by atoms with Gasteiger partial charge in [0.2, 0.25) is 5.91 Å². The standard InChI is InChI=1S/C18H25NO4S/c1-23-15-6-8-16(9-7-15)24-13-11-17(20)19-12-3-2-4-14(19)5-10-18(21)22/h6-9,14H,2-5,10-13H2,1H3,(H,21,22). The number of likely N-dealkylation sites (tertiary alicyclic amines) is 1. The van der Waals surface area contributed by atoms with Gasteiger partial charge in [0, 0.05) is 36.1 Å². The highest BCUT2D eigenvalue weighted by Crippen LogP contribution is 2.25. The van der Waals surface area contributed by atoms with Gasteiger partial charge in [0.1, 0.15) is 5.75 Å². The van der Waals surface area contributed by atoms with Gasteiger partial charge in [-0.25, -0.2) is 0 Å². The van der Waals surface area contributed by atoms with E-state index in [0.717, 1.165) is 42.2 Å². The molecule has 1 saturated heterocycles. The Labute approximate surface area is 147 Å². The van der Waals surface area contributed by atoms with Crippen molar-refractivity contribution in [3.05, 3.63) is 24.3 Å². The van der Waals surface area contributed by atoms with Crippen molar-refractivity contribution >= 4 is 23.6 Å². The molecule has 1 aliphatic heterocycles. The number of benzene rings is 1. The zero-order chi connectivity index (χ0) is 17.4. The lowest BCUT2D eigenvalue weighted by Gasteiger charge is -2.35. The molecule has 0 spiro atoms. The number of carboxylic acids is 1. The molecule has 0 saturated carbocycles. The van der Waals surface area contributed by atoms with Gasteiger partial charge in [0.05, 0.1) is 7.11 Å². The second kappa shape index (κ2) is 9.57. The van der Waals surface area contributed by atoms with E-state index in [0.29, 0.717) is 12.8 Å². The number of carbonyl (C=O) groups is 2. The van der Waals surface area contributed by atoms with E-state index in [9.17, 15) is 9.59 Å². The number of methoxy groups -OCH3 is 1. The first-order chi connectivity index (χ1) is 11.6. The minimum absolute atomic E-state index is 0.0911. The maximum Gasteiger partial charge on any atom is 0.303 e. The molecule has 24 heavy (non-hydrogen) atoms. The van der Waals surface area contributed by atoms with E-state index < -0.39 is 5.97 Å². The van der Waals surface area contributed by atoms with Gasteiger partial charge in [-0.3, -0.25) is 9.59 Å². The van der Waals surface area contributed by atoms with Crippen molar-refractivity contribution in [2.24, 2.45) is 0 Å². The van der Waals surface area contributed by atoms with Crippen LogP contribution in [0.4, 0.5) is 0 Å². The number of hydrogen-bond donors (Lipinski definition) is 1. The number of piperidine rings is 1. The van der Waals surface area contributed by atoms with Crippen LogP contribution in [-0.2, 0) is 9.59 Å². The third-order valence-corrected chi connectivity index (χ3v) is 5.30. The molecule has 132 valence electrons. The van der Waals surface area contributed by atoms with Crippen molar-refractivity contribution < 1.29 is 19.4 Å². The molecule has 0 radical (unpaired) electrons. The van der Waals surface area contributed by atoms with Gasteiger partial charge in [-0.1, -0.05) is 0 Å².